The minimum Gasteiger partial charge on any atom is -0.462 e. The lowest BCUT2D eigenvalue weighted by Gasteiger charge is -2.24. The molecule has 0 aromatic carbocycles. The maximum Gasteiger partial charge on any atom is 0.306 e. The molecule has 0 aliphatic carbocycles. The van der Waals surface area contributed by atoms with Gasteiger partial charge in [-0.2, -0.15) is 0 Å². The highest BCUT2D eigenvalue weighted by atomic mass is 16.5. The van der Waals surface area contributed by atoms with E-state index in [2.05, 4.69) is 99.0 Å². The van der Waals surface area contributed by atoms with Gasteiger partial charge in [0, 0.05) is 6.42 Å². The largest absolute Gasteiger partial charge is 0.462 e. The number of carbonyl (C=O) groups is 2. The fourth-order valence-electron chi connectivity index (χ4n) is 8.28. The number of rotatable bonds is 50. The Morgan fingerprint density at radius 3 is 1.29 bits per heavy atom. The fourth-order valence-corrected chi connectivity index (χ4v) is 8.28. The molecule has 0 fully saturated rings. The van der Waals surface area contributed by atoms with Crippen LogP contribution in [0.5, 0.6) is 0 Å². The molecule has 0 radical (unpaired) electrons. The summed E-state index contributed by atoms with van der Waals surface area (Å²) in [6.45, 7) is 6.36. The number of allylic oxidation sites excluding steroid dienone is 12. The highest BCUT2D eigenvalue weighted by Crippen LogP contribution is 2.17. The van der Waals surface area contributed by atoms with Crippen LogP contribution in [0.4, 0.5) is 0 Å². The summed E-state index contributed by atoms with van der Waals surface area (Å²) in [5.41, 5.74) is 0. The molecule has 6 heteroatoms. The molecule has 3 atom stereocenters. The Labute approximate surface area is 409 Å². The molecule has 66 heavy (non-hydrogen) atoms. The topological polar surface area (TPSA) is 95.9 Å². The Balaban J connectivity index is 4.64. The number of amides is 1. The minimum atomic E-state index is -0.805. The van der Waals surface area contributed by atoms with Gasteiger partial charge in [-0.15, -0.1) is 0 Å². The van der Waals surface area contributed by atoms with Gasteiger partial charge in [-0.05, 0) is 89.9 Å². The third kappa shape index (κ3) is 47.8. The van der Waals surface area contributed by atoms with Crippen LogP contribution in [0.25, 0.3) is 0 Å². The van der Waals surface area contributed by atoms with E-state index in [9.17, 15) is 19.8 Å². The number of aliphatic hydroxyl groups excluding tert-OH is 2. The molecule has 382 valence electrons. The van der Waals surface area contributed by atoms with Crippen molar-refractivity contribution in [1.82, 2.24) is 5.32 Å². The Morgan fingerprint density at radius 1 is 0.455 bits per heavy atom. The molecule has 0 rings (SSSR count). The van der Waals surface area contributed by atoms with E-state index in [0.29, 0.717) is 19.3 Å². The molecule has 0 saturated heterocycles. The van der Waals surface area contributed by atoms with Crippen molar-refractivity contribution < 1.29 is 24.5 Å². The summed E-state index contributed by atoms with van der Waals surface area (Å²) < 4.78 is 5.93. The summed E-state index contributed by atoms with van der Waals surface area (Å²) in [5, 5.41) is 23.8. The molecular weight excluding hydrogens is 815 g/mol. The third-order valence-corrected chi connectivity index (χ3v) is 12.5. The molecule has 0 spiro atoms. The smallest absolute Gasteiger partial charge is 0.306 e. The average Bonchev–Trinajstić information content (AvgIpc) is 3.31. The van der Waals surface area contributed by atoms with Crippen LogP contribution in [0.3, 0.4) is 0 Å². The van der Waals surface area contributed by atoms with E-state index in [1.54, 1.807) is 0 Å². The maximum absolute atomic E-state index is 13.2. The van der Waals surface area contributed by atoms with Gasteiger partial charge in [0.2, 0.25) is 5.91 Å². The Bertz CT molecular complexity index is 1220. The number of unbranched alkanes of at least 4 members (excludes halogenated alkanes) is 26. The lowest BCUT2D eigenvalue weighted by Crippen LogP contribution is -2.46. The van der Waals surface area contributed by atoms with E-state index in [4.69, 9.17) is 4.74 Å². The van der Waals surface area contributed by atoms with E-state index in [1.807, 2.05) is 0 Å². The van der Waals surface area contributed by atoms with E-state index in [0.717, 1.165) is 83.5 Å². The van der Waals surface area contributed by atoms with Crippen molar-refractivity contribution in [3.05, 3.63) is 72.9 Å². The molecule has 1 amide bonds. The third-order valence-electron chi connectivity index (χ3n) is 12.5. The average molecular weight is 923 g/mol. The SMILES string of the molecule is CC/C=C\C/C=C\C/C=C\C/C=C\C/C=C\CCCC(CC(=O)NC(CO)C(O)CCCCCCCCCCCCC)OC(=O)CCCCCCCCCCC/C=C/CCCCCCCC. The van der Waals surface area contributed by atoms with E-state index in [1.165, 1.54) is 141 Å². The standard InChI is InChI=1S/C60H107NO5/c1-4-7-10-13-16-19-22-24-26-28-29-31-33-35-38-41-44-47-50-53-60(65)66-56(51-48-45-42-39-37-34-32-30-27-25-23-20-17-14-11-8-5-2)54-59(64)61-57(55-62)58(63)52-49-46-43-40-36-21-18-15-12-9-6-3/h8,11,17,20,24-27,32,34,39,42,56-58,62-63H,4-7,9-10,12-16,18-19,21-23,28-31,33,35-38,40-41,43-55H2,1-3H3,(H,61,64)/b11-8-,20-17-,26-24+,27-25-,34-32-,42-39-. The zero-order chi connectivity index (χ0) is 48.1. The molecule has 0 aromatic rings. The molecule has 0 heterocycles. The van der Waals surface area contributed by atoms with Crippen molar-refractivity contribution in [3.8, 4) is 0 Å². The zero-order valence-electron chi connectivity index (χ0n) is 43.6. The number of esters is 1. The molecule has 0 bridgehead atoms. The highest BCUT2D eigenvalue weighted by molar-refractivity contribution is 5.77. The van der Waals surface area contributed by atoms with Gasteiger partial charge in [-0.25, -0.2) is 0 Å². The first-order valence-corrected chi connectivity index (χ1v) is 28.2. The van der Waals surface area contributed by atoms with Crippen LogP contribution in [-0.4, -0.2) is 46.9 Å². The second-order valence-electron chi connectivity index (χ2n) is 19.0. The van der Waals surface area contributed by atoms with Crippen molar-refractivity contribution in [3.63, 3.8) is 0 Å². The lowest BCUT2D eigenvalue weighted by molar-refractivity contribution is -0.151. The molecule has 0 saturated carbocycles. The zero-order valence-corrected chi connectivity index (χ0v) is 43.6. The van der Waals surface area contributed by atoms with Crippen molar-refractivity contribution >= 4 is 11.9 Å². The van der Waals surface area contributed by atoms with Crippen molar-refractivity contribution in [1.29, 1.82) is 0 Å². The Morgan fingerprint density at radius 2 is 0.833 bits per heavy atom. The van der Waals surface area contributed by atoms with Crippen molar-refractivity contribution in [2.45, 2.75) is 289 Å². The molecule has 0 aliphatic heterocycles. The quantitative estimate of drug-likeness (QED) is 0.0321. The Hall–Kier alpha value is -2.70. The summed E-state index contributed by atoms with van der Waals surface area (Å²) >= 11 is 0. The minimum absolute atomic E-state index is 0.0363. The molecule has 0 aromatic heterocycles. The summed E-state index contributed by atoms with van der Waals surface area (Å²) in [7, 11) is 0. The molecule has 6 nitrogen and oxygen atoms in total. The van der Waals surface area contributed by atoms with Crippen LogP contribution in [0, 0.1) is 0 Å². The van der Waals surface area contributed by atoms with Gasteiger partial charge in [0.15, 0.2) is 0 Å². The van der Waals surface area contributed by atoms with Gasteiger partial charge in [0.1, 0.15) is 6.10 Å². The van der Waals surface area contributed by atoms with Crippen LogP contribution in [0.2, 0.25) is 0 Å². The summed E-state index contributed by atoms with van der Waals surface area (Å²) in [5.74, 6) is -0.529. The Kier molecular flexibility index (Phi) is 51.1. The van der Waals surface area contributed by atoms with Gasteiger partial charge in [0.25, 0.3) is 0 Å². The van der Waals surface area contributed by atoms with Crippen LogP contribution in [0.1, 0.15) is 271 Å². The highest BCUT2D eigenvalue weighted by Gasteiger charge is 2.24. The fraction of sp³-hybridized carbons (Fsp3) is 0.767. The van der Waals surface area contributed by atoms with E-state index >= 15 is 0 Å². The van der Waals surface area contributed by atoms with Crippen LogP contribution in [0.15, 0.2) is 72.9 Å². The molecular formula is C60H107NO5. The van der Waals surface area contributed by atoms with Crippen LogP contribution >= 0.6 is 0 Å². The first kappa shape index (κ1) is 63.3. The normalized spacial score (nSPS) is 13.7. The number of hydrogen-bond donors (Lipinski definition) is 3. The first-order chi connectivity index (χ1) is 32.5. The van der Waals surface area contributed by atoms with Crippen LogP contribution in [-0.2, 0) is 14.3 Å². The number of aliphatic hydroxyl groups is 2. The monoisotopic (exact) mass is 922 g/mol. The molecule has 3 unspecified atom stereocenters. The second kappa shape index (κ2) is 53.3. The maximum atomic E-state index is 13.2. The summed E-state index contributed by atoms with van der Waals surface area (Å²) in [6.07, 6.45) is 68.3. The number of hydrogen-bond acceptors (Lipinski definition) is 5. The predicted octanol–water partition coefficient (Wildman–Crippen LogP) is 17.3. The van der Waals surface area contributed by atoms with Gasteiger partial charge in [-0.3, -0.25) is 9.59 Å². The predicted molar refractivity (Wildman–Crippen MR) is 287 cm³/mol. The molecule has 3 N–H and O–H groups in total. The summed E-state index contributed by atoms with van der Waals surface area (Å²) in [6, 6.07) is -0.722. The second-order valence-corrected chi connectivity index (χ2v) is 19.0. The van der Waals surface area contributed by atoms with Crippen molar-refractivity contribution in [2.24, 2.45) is 0 Å². The van der Waals surface area contributed by atoms with Gasteiger partial charge in [0.05, 0.1) is 25.2 Å². The molecule has 0 aliphatic rings. The van der Waals surface area contributed by atoms with Crippen molar-refractivity contribution in [2.75, 3.05) is 6.61 Å². The number of carbonyl (C=O) groups excluding carboxylic acids is 2. The van der Waals surface area contributed by atoms with Crippen LogP contribution < -0.4 is 5.32 Å². The van der Waals surface area contributed by atoms with Gasteiger partial charge in [-0.1, -0.05) is 241 Å². The van der Waals surface area contributed by atoms with E-state index < -0.39 is 18.2 Å². The lowest BCUT2D eigenvalue weighted by atomic mass is 10.0. The first-order valence-electron chi connectivity index (χ1n) is 28.2. The number of nitrogens with one attached hydrogen (secondary N) is 1. The summed E-state index contributed by atoms with van der Waals surface area (Å²) in [4.78, 5) is 26.2. The van der Waals surface area contributed by atoms with E-state index in [-0.39, 0.29) is 24.9 Å². The number of ether oxygens (including phenoxy) is 1. The van der Waals surface area contributed by atoms with Gasteiger partial charge >= 0.3 is 5.97 Å². The van der Waals surface area contributed by atoms with Gasteiger partial charge < -0.3 is 20.3 Å².